The van der Waals surface area contributed by atoms with Crippen molar-refractivity contribution in [1.29, 1.82) is 0 Å². The number of hydrogen-bond donors (Lipinski definition) is 0. The van der Waals surface area contributed by atoms with Crippen LogP contribution < -0.4 is 14.4 Å². The monoisotopic (exact) mass is 465 g/mol. The average molecular weight is 466 g/mol. The highest BCUT2D eigenvalue weighted by atomic mass is 19.3. The summed E-state index contributed by atoms with van der Waals surface area (Å²) in [7, 11) is 3.17. The molecule has 0 bridgehead atoms. The van der Waals surface area contributed by atoms with Gasteiger partial charge < -0.3 is 14.4 Å². The van der Waals surface area contributed by atoms with E-state index in [-0.39, 0.29) is 13.2 Å². The third kappa shape index (κ3) is 5.26. The maximum Gasteiger partial charge on any atom is 0.124 e. The molecule has 4 rings (SSSR count). The Morgan fingerprint density at radius 2 is 1.74 bits per heavy atom. The van der Waals surface area contributed by atoms with Gasteiger partial charge in [-0.2, -0.15) is 10.0 Å². The summed E-state index contributed by atoms with van der Waals surface area (Å²) in [4.78, 5) is 15.2. The first kappa shape index (κ1) is 23.4. The molecular formula is C25H28FN5O3. The lowest BCUT2D eigenvalue weighted by atomic mass is 10.2. The molecule has 2 aromatic carbocycles. The second kappa shape index (κ2) is 10.5. The van der Waals surface area contributed by atoms with Gasteiger partial charge >= 0.3 is 0 Å². The van der Waals surface area contributed by atoms with Crippen molar-refractivity contribution in [3.63, 3.8) is 0 Å². The molecular weight excluding hydrogens is 437 g/mol. The van der Waals surface area contributed by atoms with E-state index in [2.05, 4.69) is 28.9 Å². The Balaban J connectivity index is 1.73. The van der Waals surface area contributed by atoms with Crippen molar-refractivity contribution in [3.05, 3.63) is 55.0 Å². The van der Waals surface area contributed by atoms with Crippen LogP contribution >= 0.6 is 0 Å². The van der Waals surface area contributed by atoms with E-state index in [4.69, 9.17) is 14.5 Å². The van der Waals surface area contributed by atoms with Gasteiger partial charge in [0.05, 0.1) is 49.9 Å². The molecule has 34 heavy (non-hydrogen) atoms. The fourth-order valence-corrected chi connectivity index (χ4v) is 3.76. The molecule has 0 N–H and O–H groups in total. The van der Waals surface area contributed by atoms with E-state index in [1.807, 2.05) is 46.1 Å². The summed E-state index contributed by atoms with van der Waals surface area (Å²) in [6.45, 7) is 5.29. The van der Waals surface area contributed by atoms with Crippen LogP contribution in [0.25, 0.3) is 22.3 Å². The largest absolute Gasteiger partial charge is 0.497 e. The van der Waals surface area contributed by atoms with E-state index >= 15 is 0 Å². The molecule has 0 aliphatic rings. The molecule has 9 heteroatoms. The minimum Gasteiger partial charge on any atom is -0.497 e. The third-order valence-electron chi connectivity index (χ3n) is 5.36. The number of halogens is 1. The number of benzene rings is 2. The van der Waals surface area contributed by atoms with Crippen molar-refractivity contribution in [2.75, 3.05) is 32.3 Å². The van der Waals surface area contributed by atoms with Crippen LogP contribution in [0.4, 0.5) is 15.9 Å². The molecule has 178 valence electrons. The van der Waals surface area contributed by atoms with Crippen LogP contribution in [0.3, 0.4) is 0 Å². The average Bonchev–Trinajstić information content (AvgIpc) is 3.31. The summed E-state index contributed by atoms with van der Waals surface area (Å²) in [6, 6.07) is 11.2. The minimum atomic E-state index is -0.113. The van der Waals surface area contributed by atoms with Gasteiger partial charge in [-0.15, -0.1) is 0 Å². The van der Waals surface area contributed by atoms with Crippen LogP contribution in [0.15, 0.2) is 55.0 Å². The molecule has 8 nitrogen and oxygen atoms in total. The number of rotatable bonds is 10. The van der Waals surface area contributed by atoms with E-state index in [9.17, 15) is 4.53 Å². The number of nitrogens with zero attached hydrogens (tertiary/aromatic N) is 5. The second-order valence-electron chi connectivity index (χ2n) is 8.31. The molecule has 0 saturated heterocycles. The zero-order chi connectivity index (χ0) is 24.1. The number of ether oxygens (including phenoxy) is 2. The summed E-state index contributed by atoms with van der Waals surface area (Å²) in [5.74, 6) is 1.75. The van der Waals surface area contributed by atoms with Gasteiger partial charge in [0.1, 0.15) is 18.1 Å². The van der Waals surface area contributed by atoms with Gasteiger partial charge in [-0.05, 0) is 28.6 Å². The van der Waals surface area contributed by atoms with Gasteiger partial charge in [0.2, 0.25) is 0 Å². The van der Waals surface area contributed by atoms with E-state index in [0.29, 0.717) is 22.9 Å². The summed E-state index contributed by atoms with van der Waals surface area (Å²) in [5, 5.41) is 4.43. The highest BCUT2D eigenvalue weighted by molar-refractivity contribution is 5.82. The summed E-state index contributed by atoms with van der Waals surface area (Å²) < 4.78 is 25.4. The predicted molar refractivity (Wildman–Crippen MR) is 129 cm³/mol. The highest BCUT2D eigenvalue weighted by Crippen LogP contribution is 2.34. The third-order valence-corrected chi connectivity index (χ3v) is 5.36. The Morgan fingerprint density at radius 1 is 0.971 bits per heavy atom. The number of fused-ring (bicyclic) bond motifs is 1. The van der Waals surface area contributed by atoms with Crippen LogP contribution in [-0.2, 0) is 11.5 Å². The van der Waals surface area contributed by atoms with E-state index < -0.39 is 0 Å². The number of anilines is 2. The van der Waals surface area contributed by atoms with Gasteiger partial charge in [-0.3, -0.25) is 9.67 Å². The van der Waals surface area contributed by atoms with Gasteiger partial charge in [0.15, 0.2) is 0 Å². The van der Waals surface area contributed by atoms with Gasteiger partial charge in [-0.1, -0.05) is 13.8 Å². The molecule has 0 radical (unpaired) electrons. The quantitative estimate of drug-likeness (QED) is 0.318. The lowest BCUT2D eigenvalue weighted by molar-refractivity contribution is -0.128. The zero-order valence-electron chi connectivity index (χ0n) is 19.7. The Bertz CT molecular complexity index is 1240. The molecule has 0 aliphatic heterocycles. The Hall–Kier alpha value is -3.72. The van der Waals surface area contributed by atoms with Crippen LogP contribution in [0.5, 0.6) is 11.5 Å². The van der Waals surface area contributed by atoms with Gasteiger partial charge in [0.25, 0.3) is 0 Å². The lowest BCUT2D eigenvalue weighted by Crippen LogP contribution is -2.21. The molecule has 2 aromatic heterocycles. The maximum atomic E-state index is 12.6. The SMILES string of the molecule is COc1cc(OC)cc(N(CCOF)c2ccc3ncc(-c4cnn(CC(C)C)c4)nc3c2)c1. The number of aromatic nitrogens is 4. The number of hydrogen-bond acceptors (Lipinski definition) is 7. The smallest absolute Gasteiger partial charge is 0.124 e. The summed E-state index contributed by atoms with van der Waals surface area (Å²) in [6.07, 6.45) is 5.53. The lowest BCUT2D eigenvalue weighted by Gasteiger charge is -2.25. The Morgan fingerprint density at radius 3 is 2.41 bits per heavy atom. The molecule has 0 atom stereocenters. The topological polar surface area (TPSA) is 74.5 Å². The molecule has 0 amide bonds. The van der Waals surface area contributed by atoms with Crippen molar-refractivity contribution >= 4 is 22.4 Å². The normalized spacial score (nSPS) is 11.2. The van der Waals surface area contributed by atoms with Crippen molar-refractivity contribution in [3.8, 4) is 22.8 Å². The first-order valence-electron chi connectivity index (χ1n) is 11.0. The molecule has 4 aromatic rings. The molecule has 0 spiro atoms. The van der Waals surface area contributed by atoms with Crippen molar-refractivity contribution < 1.29 is 18.9 Å². The van der Waals surface area contributed by atoms with E-state index in [1.54, 1.807) is 32.7 Å². The van der Waals surface area contributed by atoms with Gasteiger partial charge in [-0.25, -0.2) is 4.98 Å². The molecule has 0 unspecified atom stereocenters. The first-order chi connectivity index (χ1) is 16.5. The van der Waals surface area contributed by atoms with Crippen LogP contribution in [-0.4, -0.2) is 47.1 Å². The van der Waals surface area contributed by atoms with E-state index in [0.717, 1.165) is 34.7 Å². The molecule has 0 saturated carbocycles. The minimum absolute atomic E-state index is 0.113. The highest BCUT2D eigenvalue weighted by Gasteiger charge is 2.15. The fourth-order valence-electron chi connectivity index (χ4n) is 3.76. The van der Waals surface area contributed by atoms with E-state index in [1.165, 1.54) is 0 Å². The van der Waals surface area contributed by atoms with Gasteiger partial charge in [0, 0.05) is 47.9 Å². The van der Waals surface area contributed by atoms with Crippen molar-refractivity contribution in [2.24, 2.45) is 5.92 Å². The Kier molecular flexibility index (Phi) is 7.22. The van der Waals surface area contributed by atoms with Crippen molar-refractivity contribution in [2.45, 2.75) is 20.4 Å². The van der Waals surface area contributed by atoms with Crippen LogP contribution in [0, 0.1) is 5.92 Å². The van der Waals surface area contributed by atoms with Crippen LogP contribution in [0.2, 0.25) is 0 Å². The second-order valence-corrected chi connectivity index (χ2v) is 8.31. The van der Waals surface area contributed by atoms with Crippen molar-refractivity contribution in [1.82, 2.24) is 19.7 Å². The summed E-state index contributed by atoms with van der Waals surface area (Å²) in [5.41, 5.74) is 4.69. The molecule has 0 aliphatic carbocycles. The fraction of sp³-hybridized carbons (Fsp3) is 0.320. The predicted octanol–water partition coefficient (Wildman–Crippen LogP) is 5.21. The molecule has 2 heterocycles. The molecule has 0 fully saturated rings. The summed E-state index contributed by atoms with van der Waals surface area (Å²) >= 11 is 0. The standard InChI is InChI=1S/C25H28FN5O3/c1-17(2)15-30-16-18(13-28-30)25-14-27-23-6-5-19(11-24(23)29-25)31(7-8-34-26)20-9-21(32-3)12-22(10-20)33-4/h5-6,9-14,16-17H,7-8,15H2,1-4H3. The number of methoxy groups -OCH3 is 2. The van der Waals surface area contributed by atoms with Crippen LogP contribution in [0.1, 0.15) is 13.8 Å². The zero-order valence-corrected chi connectivity index (χ0v) is 19.7. The maximum absolute atomic E-state index is 12.6. The first-order valence-corrected chi connectivity index (χ1v) is 11.0. The Labute approximate surface area is 197 Å².